The second-order valence-electron chi connectivity index (χ2n) is 11.8. The van der Waals surface area contributed by atoms with E-state index in [1.807, 2.05) is 28.8 Å². The molecular weight excluding hydrogens is 609 g/mol. The van der Waals surface area contributed by atoms with Gasteiger partial charge in [-0.3, -0.25) is 14.5 Å². The molecule has 0 radical (unpaired) electrons. The summed E-state index contributed by atoms with van der Waals surface area (Å²) in [7, 11) is 1.43. The van der Waals surface area contributed by atoms with Crippen LogP contribution in [-0.4, -0.2) is 65.1 Å². The highest BCUT2D eigenvalue weighted by atomic mass is 79.9. The number of rotatable bonds is 7. The molecule has 3 aromatic rings. The molecule has 2 aromatic carbocycles. The zero-order valence-corrected chi connectivity index (χ0v) is 25.7. The Morgan fingerprint density at radius 1 is 1.10 bits per heavy atom. The summed E-state index contributed by atoms with van der Waals surface area (Å²) in [6.07, 6.45) is 6.37. The van der Waals surface area contributed by atoms with Crippen LogP contribution in [-0.2, 0) is 16.1 Å². The minimum Gasteiger partial charge on any atom is -0.469 e. The van der Waals surface area contributed by atoms with Crippen LogP contribution in [0.1, 0.15) is 61.0 Å². The van der Waals surface area contributed by atoms with Gasteiger partial charge in [-0.1, -0.05) is 39.7 Å². The van der Waals surface area contributed by atoms with E-state index >= 15 is 0 Å². The van der Waals surface area contributed by atoms with Crippen molar-refractivity contribution in [2.45, 2.75) is 63.6 Å². The van der Waals surface area contributed by atoms with Gasteiger partial charge in [-0.15, -0.1) is 0 Å². The standard InChI is InChI=1S/C32H36BrClFN3O3/c1-41-30(39)8-2-7-27-25-6-4-14-36-13-3-5-22(31(25)36)19-38(27)32(40)29-15-20-9-11-23(34)16-28(20)37(29)18-21-10-12-24(35)17-26(21)33/h9-12,15-17,22,25,27,31H,2-8,13-14,18-19H2,1H3/t22-,25+,27+,31-/m0/s1. The van der Waals surface area contributed by atoms with Gasteiger partial charge in [0.2, 0.25) is 0 Å². The van der Waals surface area contributed by atoms with Crippen molar-refractivity contribution in [2.24, 2.45) is 11.8 Å². The highest BCUT2D eigenvalue weighted by molar-refractivity contribution is 9.10. The predicted molar refractivity (Wildman–Crippen MR) is 162 cm³/mol. The topological polar surface area (TPSA) is 54.8 Å². The molecular formula is C32H36BrClFN3O3. The second-order valence-corrected chi connectivity index (χ2v) is 13.1. The third-order valence-electron chi connectivity index (χ3n) is 9.47. The van der Waals surface area contributed by atoms with Crippen molar-refractivity contribution in [2.75, 3.05) is 26.7 Å². The number of hydrogen-bond acceptors (Lipinski definition) is 4. The number of fused-ring (bicyclic) bond motifs is 1. The van der Waals surface area contributed by atoms with Crippen molar-refractivity contribution in [3.05, 3.63) is 69.0 Å². The number of carbonyl (C=O) groups is 2. The fourth-order valence-electron chi connectivity index (χ4n) is 7.70. The zero-order chi connectivity index (χ0) is 28.7. The summed E-state index contributed by atoms with van der Waals surface area (Å²) in [5.74, 6) is 0.335. The molecule has 0 spiro atoms. The van der Waals surface area contributed by atoms with Crippen LogP contribution < -0.4 is 0 Å². The van der Waals surface area contributed by atoms with Crippen molar-refractivity contribution in [1.29, 1.82) is 0 Å². The summed E-state index contributed by atoms with van der Waals surface area (Å²) in [4.78, 5) is 31.5. The van der Waals surface area contributed by atoms with Crippen LogP contribution in [0.2, 0.25) is 5.02 Å². The number of carbonyl (C=O) groups excluding carboxylic acids is 2. The minimum absolute atomic E-state index is 0.0137. The summed E-state index contributed by atoms with van der Waals surface area (Å²) < 4.78 is 21.5. The van der Waals surface area contributed by atoms with Crippen molar-refractivity contribution < 1.29 is 18.7 Å². The maximum absolute atomic E-state index is 14.7. The van der Waals surface area contributed by atoms with Gasteiger partial charge in [-0.25, -0.2) is 4.39 Å². The summed E-state index contributed by atoms with van der Waals surface area (Å²) >= 11 is 9.94. The smallest absolute Gasteiger partial charge is 0.305 e. The Morgan fingerprint density at radius 2 is 1.90 bits per heavy atom. The number of nitrogens with zero attached hydrogens (tertiary/aromatic N) is 3. The molecule has 1 amide bonds. The number of ether oxygens (including phenoxy) is 1. The number of piperidine rings is 3. The normalized spacial score (nSPS) is 24.3. The summed E-state index contributed by atoms with van der Waals surface area (Å²) in [5.41, 5.74) is 2.36. The first kappa shape index (κ1) is 28.7. The first-order chi connectivity index (χ1) is 19.8. The van der Waals surface area contributed by atoms with Crippen LogP contribution in [0, 0.1) is 17.7 Å². The molecule has 0 N–H and O–H groups in total. The Hall–Kier alpha value is -2.42. The first-order valence-electron chi connectivity index (χ1n) is 14.7. The number of likely N-dealkylation sites (tertiary alicyclic amines) is 1. The molecule has 6 rings (SSSR count). The fourth-order valence-corrected chi connectivity index (χ4v) is 8.34. The van der Waals surface area contributed by atoms with Crippen molar-refractivity contribution in [1.82, 2.24) is 14.4 Å². The molecule has 41 heavy (non-hydrogen) atoms. The van der Waals surface area contributed by atoms with E-state index in [0.717, 1.165) is 61.8 Å². The van der Waals surface area contributed by atoms with Gasteiger partial charge in [0.25, 0.3) is 5.91 Å². The van der Waals surface area contributed by atoms with Crippen LogP contribution in [0.25, 0.3) is 10.9 Å². The summed E-state index contributed by atoms with van der Waals surface area (Å²) in [6.45, 7) is 3.40. The number of aromatic nitrogens is 1. The minimum atomic E-state index is -0.316. The first-order valence-corrected chi connectivity index (χ1v) is 15.9. The Labute approximate surface area is 253 Å². The third-order valence-corrected chi connectivity index (χ3v) is 10.4. The second kappa shape index (κ2) is 12.1. The molecule has 3 saturated heterocycles. The van der Waals surface area contributed by atoms with E-state index in [4.69, 9.17) is 16.3 Å². The highest BCUT2D eigenvalue weighted by Crippen LogP contribution is 2.44. The number of halogens is 3. The molecule has 218 valence electrons. The van der Waals surface area contributed by atoms with Gasteiger partial charge < -0.3 is 14.2 Å². The van der Waals surface area contributed by atoms with Crippen molar-refractivity contribution in [3.63, 3.8) is 0 Å². The monoisotopic (exact) mass is 643 g/mol. The van der Waals surface area contributed by atoms with E-state index in [1.54, 1.807) is 6.07 Å². The van der Waals surface area contributed by atoms with Gasteiger partial charge in [0.1, 0.15) is 11.5 Å². The van der Waals surface area contributed by atoms with E-state index < -0.39 is 0 Å². The average Bonchev–Trinajstić information content (AvgIpc) is 3.32. The highest BCUT2D eigenvalue weighted by Gasteiger charge is 2.49. The molecule has 0 aliphatic carbocycles. The molecule has 6 nitrogen and oxygen atoms in total. The molecule has 3 fully saturated rings. The molecule has 1 aromatic heterocycles. The third kappa shape index (κ3) is 5.67. The Kier molecular flexibility index (Phi) is 8.44. The lowest BCUT2D eigenvalue weighted by Gasteiger charge is -2.57. The van der Waals surface area contributed by atoms with Gasteiger partial charge in [0.05, 0.1) is 12.6 Å². The van der Waals surface area contributed by atoms with E-state index in [1.165, 1.54) is 25.7 Å². The number of esters is 1. The lowest BCUT2D eigenvalue weighted by molar-refractivity contribution is -0.140. The number of benzene rings is 2. The zero-order valence-electron chi connectivity index (χ0n) is 23.3. The number of methoxy groups -OCH3 is 1. The van der Waals surface area contributed by atoms with Gasteiger partial charge in [-0.2, -0.15) is 0 Å². The predicted octanol–water partition coefficient (Wildman–Crippen LogP) is 6.90. The van der Waals surface area contributed by atoms with Crippen LogP contribution in [0.5, 0.6) is 0 Å². The largest absolute Gasteiger partial charge is 0.469 e. The summed E-state index contributed by atoms with van der Waals surface area (Å²) in [6, 6.07) is 12.9. The van der Waals surface area contributed by atoms with Crippen LogP contribution in [0.4, 0.5) is 4.39 Å². The molecule has 4 atom stereocenters. The van der Waals surface area contributed by atoms with Crippen LogP contribution in [0.15, 0.2) is 46.9 Å². The van der Waals surface area contributed by atoms with Gasteiger partial charge in [-0.05, 0) is 99.3 Å². The molecule has 9 heteroatoms. The maximum Gasteiger partial charge on any atom is 0.305 e. The Bertz CT molecular complexity index is 1460. The van der Waals surface area contributed by atoms with Crippen LogP contribution >= 0.6 is 27.5 Å². The fraction of sp³-hybridized carbons (Fsp3) is 0.500. The Morgan fingerprint density at radius 3 is 2.68 bits per heavy atom. The SMILES string of the molecule is COC(=O)CCC[C@@H]1[C@H]2CCCN3CCC[C@@H](CN1C(=O)c1cc4ccc(Cl)cc4n1Cc1ccc(F)cc1Br)[C@@H]23. The van der Waals surface area contributed by atoms with E-state index in [-0.39, 0.29) is 23.7 Å². The van der Waals surface area contributed by atoms with Crippen LogP contribution in [0.3, 0.4) is 0 Å². The molecule has 3 aliphatic rings. The van der Waals surface area contributed by atoms with Gasteiger partial charge in [0, 0.05) is 46.5 Å². The van der Waals surface area contributed by atoms with E-state index in [9.17, 15) is 14.0 Å². The quantitative estimate of drug-likeness (QED) is 0.263. The number of amides is 1. The van der Waals surface area contributed by atoms with Crippen molar-refractivity contribution >= 4 is 50.3 Å². The molecule has 3 aliphatic heterocycles. The van der Waals surface area contributed by atoms with E-state index in [0.29, 0.717) is 52.5 Å². The molecule has 0 saturated carbocycles. The molecule has 4 heterocycles. The lowest BCUT2D eigenvalue weighted by Crippen LogP contribution is -2.65. The van der Waals surface area contributed by atoms with Crippen molar-refractivity contribution in [3.8, 4) is 0 Å². The lowest BCUT2D eigenvalue weighted by atomic mass is 9.69. The van der Waals surface area contributed by atoms with E-state index in [2.05, 4.69) is 25.7 Å². The van der Waals surface area contributed by atoms with Gasteiger partial charge >= 0.3 is 5.97 Å². The molecule has 0 bridgehead atoms. The Balaban J connectivity index is 1.39. The molecule has 0 unspecified atom stereocenters. The maximum atomic E-state index is 14.7. The van der Waals surface area contributed by atoms with Gasteiger partial charge in [0.15, 0.2) is 0 Å². The number of hydrogen-bond donors (Lipinski definition) is 0. The summed E-state index contributed by atoms with van der Waals surface area (Å²) in [5, 5.41) is 1.54. The average molecular weight is 645 g/mol.